The van der Waals surface area contributed by atoms with Crippen LogP contribution in [0.5, 0.6) is 0 Å². The van der Waals surface area contributed by atoms with E-state index >= 15 is 0 Å². The van der Waals surface area contributed by atoms with Gasteiger partial charge in [-0.1, -0.05) is 141 Å². The molecule has 0 N–H and O–H groups in total. The Morgan fingerprint density at radius 3 is 1.91 bits per heavy atom. The summed E-state index contributed by atoms with van der Waals surface area (Å²) in [6, 6.07) is 7.52. The number of halogens is 9. The Labute approximate surface area is 179 Å². The van der Waals surface area contributed by atoms with Gasteiger partial charge in [-0.15, -0.1) is 0 Å². The minimum absolute atomic E-state index is 0.467. The summed E-state index contributed by atoms with van der Waals surface area (Å²) in [5, 5.41) is 0. The Hall–Kier alpha value is 1.57. The normalized spacial score (nSPS) is 19.6. The SMILES string of the molecule is ClC(Cl)(Cl)C(Cl)(Cl)C(Cl)(Cl)C(Cl)(Cl)C1CC=Cc2ccccc21. The van der Waals surface area contributed by atoms with E-state index in [1.807, 2.05) is 36.4 Å². The van der Waals surface area contributed by atoms with Crippen molar-refractivity contribution in [2.75, 3.05) is 0 Å². The van der Waals surface area contributed by atoms with Gasteiger partial charge in [0.05, 0.1) is 0 Å². The van der Waals surface area contributed by atoms with Crippen molar-refractivity contribution in [3.63, 3.8) is 0 Å². The molecule has 0 aromatic heterocycles. The molecule has 0 radical (unpaired) electrons. The second-order valence-corrected chi connectivity index (χ2v) is 11.4. The molecule has 1 aliphatic carbocycles. The van der Waals surface area contributed by atoms with Crippen LogP contribution in [0.2, 0.25) is 0 Å². The van der Waals surface area contributed by atoms with E-state index in [4.69, 9.17) is 104 Å². The van der Waals surface area contributed by atoms with Gasteiger partial charge in [0.15, 0.2) is 13.0 Å². The third-order valence-electron chi connectivity index (χ3n) is 3.65. The first-order valence-electron chi connectivity index (χ1n) is 6.29. The minimum Gasteiger partial charge on any atom is -0.0975 e. The molecule has 1 aliphatic rings. The van der Waals surface area contributed by atoms with E-state index in [9.17, 15) is 0 Å². The molecule has 0 aliphatic heterocycles. The first-order valence-corrected chi connectivity index (χ1v) is 9.70. The van der Waals surface area contributed by atoms with Gasteiger partial charge in [-0.2, -0.15) is 0 Å². The van der Waals surface area contributed by atoms with Gasteiger partial charge in [0.25, 0.3) is 0 Å². The average Bonchev–Trinajstić information content (AvgIpc) is 2.45. The molecule has 0 fully saturated rings. The molecular formula is C14H9Cl9. The van der Waals surface area contributed by atoms with Gasteiger partial charge in [-0.05, 0) is 17.5 Å². The molecule has 1 unspecified atom stereocenters. The lowest BCUT2D eigenvalue weighted by Gasteiger charge is -2.47. The average molecular weight is 496 g/mol. The lowest BCUT2D eigenvalue weighted by Crippen LogP contribution is -2.58. The van der Waals surface area contributed by atoms with Gasteiger partial charge >= 0.3 is 0 Å². The quantitative estimate of drug-likeness (QED) is 0.371. The number of fused-ring (bicyclic) bond motifs is 1. The summed E-state index contributed by atoms with van der Waals surface area (Å²) in [5.74, 6) is -0.508. The van der Waals surface area contributed by atoms with Gasteiger partial charge in [-0.25, -0.2) is 0 Å². The number of rotatable bonds is 3. The van der Waals surface area contributed by atoms with Crippen molar-refractivity contribution in [1.29, 1.82) is 0 Å². The topological polar surface area (TPSA) is 0 Å². The van der Waals surface area contributed by atoms with Crippen molar-refractivity contribution < 1.29 is 0 Å². The highest BCUT2D eigenvalue weighted by Crippen LogP contribution is 2.66. The van der Waals surface area contributed by atoms with Gasteiger partial charge in [0.1, 0.15) is 0 Å². The molecule has 0 nitrogen and oxygen atoms in total. The molecule has 0 bridgehead atoms. The third-order valence-corrected chi connectivity index (χ3v) is 9.24. The Morgan fingerprint density at radius 1 is 0.783 bits per heavy atom. The number of benzene rings is 1. The standard InChI is InChI=1S/C14H9Cl9/c15-11(16,12(17,18)13(19,20)14(21,22)23)10-7-3-5-8-4-1-2-6-9(8)10/h1-6,10H,7H2. The van der Waals surface area contributed by atoms with E-state index in [0.29, 0.717) is 6.42 Å². The molecule has 0 heterocycles. The highest BCUT2D eigenvalue weighted by molar-refractivity contribution is 6.80. The molecule has 0 saturated heterocycles. The van der Waals surface area contributed by atoms with E-state index < -0.39 is 22.7 Å². The first-order chi connectivity index (χ1) is 10.3. The predicted octanol–water partition coefficient (Wildman–Crippen LogP) is 8.08. The highest BCUT2D eigenvalue weighted by atomic mass is 35.6. The Bertz CT molecular complexity index is 613. The largest absolute Gasteiger partial charge is 0.226 e. The molecule has 1 atom stereocenters. The summed E-state index contributed by atoms with van der Waals surface area (Å²) in [6.45, 7) is 0. The summed E-state index contributed by atoms with van der Waals surface area (Å²) in [6.07, 6.45) is 4.31. The first kappa shape index (κ1) is 20.9. The Morgan fingerprint density at radius 2 is 1.35 bits per heavy atom. The molecule has 128 valence electrons. The van der Waals surface area contributed by atoms with E-state index in [-0.39, 0.29) is 0 Å². The maximum Gasteiger partial charge on any atom is 0.226 e. The number of hydrogen-bond acceptors (Lipinski definition) is 0. The van der Waals surface area contributed by atoms with Crippen molar-refractivity contribution in [2.45, 2.75) is 29.1 Å². The van der Waals surface area contributed by atoms with Crippen molar-refractivity contribution in [3.8, 4) is 0 Å². The van der Waals surface area contributed by atoms with Crippen molar-refractivity contribution in [2.24, 2.45) is 0 Å². The van der Waals surface area contributed by atoms with Crippen LogP contribution in [-0.4, -0.2) is 16.8 Å². The molecule has 0 saturated carbocycles. The van der Waals surface area contributed by atoms with E-state index in [0.717, 1.165) is 11.1 Å². The molecular weight excluding hydrogens is 487 g/mol. The third kappa shape index (κ3) is 3.55. The zero-order chi connectivity index (χ0) is 17.7. The summed E-state index contributed by atoms with van der Waals surface area (Å²) in [7, 11) is 0. The van der Waals surface area contributed by atoms with Gasteiger partial charge in [-0.3, -0.25) is 0 Å². The zero-order valence-corrected chi connectivity index (χ0v) is 18.0. The highest BCUT2D eigenvalue weighted by Gasteiger charge is 2.69. The number of allylic oxidation sites excluding steroid dienone is 1. The number of hydrogen-bond donors (Lipinski definition) is 0. The number of alkyl halides is 9. The minimum atomic E-state index is -2.27. The van der Waals surface area contributed by atoms with E-state index in [1.54, 1.807) is 0 Å². The van der Waals surface area contributed by atoms with E-state index in [1.165, 1.54) is 0 Å². The summed E-state index contributed by atoms with van der Waals surface area (Å²) in [4.78, 5) is 0. The van der Waals surface area contributed by atoms with Crippen LogP contribution in [0, 0.1) is 0 Å². The fourth-order valence-corrected chi connectivity index (χ4v) is 4.84. The Balaban J connectivity index is 2.52. The molecule has 0 spiro atoms. The van der Waals surface area contributed by atoms with Gasteiger partial charge in [0, 0.05) is 5.92 Å². The fourth-order valence-electron chi connectivity index (χ4n) is 2.39. The van der Waals surface area contributed by atoms with Crippen LogP contribution in [0.4, 0.5) is 0 Å². The summed E-state index contributed by atoms with van der Waals surface area (Å²) < 4.78 is -8.53. The van der Waals surface area contributed by atoms with Crippen LogP contribution in [0.3, 0.4) is 0 Å². The molecule has 0 amide bonds. The van der Waals surface area contributed by atoms with E-state index in [2.05, 4.69) is 0 Å². The smallest absolute Gasteiger partial charge is 0.0975 e. The fraction of sp³-hybridized carbons (Fsp3) is 0.429. The van der Waals surface area contributed by atoms with Crippen LogP contribution in [0.1, 0.15) is 23.5 Å². The van der Waals surface area contributed by atoms with Crippen LogP contribution in [-0.2, 0) is 0 Å². The van der Waals surface area contributed by atoms with Crippen molar-refractivity contribution in [1.82, 2.24) is 0 Å². The lowest BCUT2D eigenvalue weighted by atomic mass is 9.82. The van der Waals surface area contributed by atoms with Gasteiger partial charge < -0.3 is 0 Å². The lowest BCUT2D eigenvalue weighted by molar-refractivity contribution is 0.496. The Kier molecular flexibility index (Phi) is 6.31. The second-order valence-electron chi connectivity index (χ2n) is 5.09. The zero-order valence-electron chi connectivity index (χ0n) is 11.2. The van der Waals surface area contributed by atoms with Crippen LogP contribution >= 0.6 is 104 Å². The predicted molar refractivity (Wildman–Crippen MR) is 106 cm³/mol. The van der Waals surface area contributed by atoms with Crippen molar-refractivity contribution >= 4 is 110 Å². The van der Waals surface area contributed by atoms with Crippen LogP contribution in [0.25, 0.3) is 6.08 Å². The maximum absolute atomic E-state index is 6.55. The maximum atomic E-state index is 6.55. The molecule has 1 aromatic rings. The monoisotopic (exact) mass is 492 g/mol. The summed E-state index contributed by atoms with van der Waals surface area (Å²) in [5.41, 5.74) is 1.78. The van der Waals surface area contributed by atoms with Gasteiger partial charge in [0.2, 0.25) is 3.79 Å². The molecule has 1 aromatic carbocycles. The summed E-state index contributed by atoms with van der Waals surface area (Å²) >= 11 is 55.6. The molecule has 9 heteroatoms. The molecule has 23 heavy (non-hydrogen) atoms. The van der Waals surface area contributed by atoms with Crippen molar-refractivity contribution in [3.05, 3.63) is 41.5 Å². The molecule has 2 rings (SSSR count). The van der Waals surface area contributed by atoms with Crippen LogP contribution < -0.4 is 0 Å². The second kappa shape index (κ2) is 6.95. The van der Waals surface area contributed by atoms with Crippen LogP contribution in [0.15, 0.2) is 30.3 Å².